The Kier molecular flexibility index (Phi) is 6.01. The summed E-state index contributed by atoms with van der Waals surface area (Å²) in [7, 11) is 4.30. The Balaban J connectivity index is 2.30. The predicted molar refractivity (Wildman–Crippen MR) is 113 cm³/mol. The van der Waals surface area contributed by atoms with Crippen LogP contribution in [0.2, 0.25) is 0 Å². The number of ether oxygens (including phenoxy) is 4. The lowest BCUT2D eigenvalue weighted by Gasteiger charge is -2.16. The maximum atomic E-state index is 13.3. The molecule has 30 heavy (non-hydrogen) atoms. The van der Waals surface area contributed by atoms with Gasteiger partial charge in [0, 0.05) is 5.56 Å². The summed E-state index contributed by atoms with van der Waals surface area (Å²) >= 11 is 0. The van der Waals surface area contributed by atoms with Crippen molar-refractivity contribution in [2.24, 2.45) is 0 Å². The minimum absolute atomic E-state index is 0.0733. The van der Waals surface area contributed by atoms with E-state index in [9.17, 15) is 9.59 Å². The molecule has 7 heteroatoms. The van der Waals surface area contributed by atoms with E-state index in [-0.39, 0.29) is 16.9 Å². The van der Waals surface area contributed by atoms with Crippen molar-refractivity contribution in [3.63, 3.8) is 0 Å². The van der Waals surface area contributed by atoms with Gasteiger partial charge in [-0.3, -0.25) is 4.79 Å². The predicted octanol–water partition coefficient (Wildman–Crippen LogP) is 4.03. The topological polar surface area (TPSA) is 84.2 Å². The summed E-state index contributed by atoms with van der Waals surface area (Å²) in [4.78, 5) is 25.2. The van der Waals surface area contributed by atoms with Gasteiger partial charge in [-0.25, -0.2) is 4.79 Å². The quantitative estimate of drug-likeness (QED) is 0.565. The molecule has 0 N–H and O–H groups in total. The second-order valence-electron chi connectivity index (χ2n) is 6.88. The molecule has 3 aromatic rings. The highest BCUT2D eigenvalue weighted by molar-refractivity contribution is 5.84. The Morgan fingerprint density at radius 2 is 1.63 bits per heavy atom. The number of methoxy groups -OCH3 is 3. The molecule has 0 unspecified atom stereocenters. The molecule has 0 radical (unpaired) electrons. The van der Waals surface area contributed by atoms with Crippen molar-refractivity contribution >= 4 is 16.9 Å². The summed E-state index contributed by atoms with van der Waals surface area (Å²) in [5.41, 5.74) is 2.52. The van der Waals surface area contributed by atoms with Crippen LogP contribution in [-0.2, 0) is 9.53 Å². The molecule has 0 bridgehead atoms. The molecule has 0 saturated carbocycles. The second-order valence-corrected chi connectivity index (χ2v) is 6.88. The zero-order valence-electron chi connectivity index (χ0n) is 17.8. The van der Waals surface area contributed by atoms with Gasteiger partial charge in [-0.2, -0.15) is 0 Å². The molecular formula is C23H24O7. The summed E-state index contributed by atoms with van der Waals surface area (Å²) in [5.74, 6) is 0.502. The maximum absolute atomic E-state index is 13.3. The Hall–Kier alpha value is -3.48. The fourth-order valence-electron chi connectivity index (χ4n) is 3.10. The first-order chi connectivity index (χ1) is 14.3. The molecule has 0 saturated heterocycles. The number of fused-ring (bicyclic) bond motifs is 1. The third-order valence-corrected chi connectivity index (χ3v) is 4.94. The fraction of sp³-hybridized carbons (Fsp3) is 0.304. The van der Waals surface area contributed by atoms with Gasteiger partial charge in [0.2, 0.25) is 11.2 Å². The third kappa shape index (κ3) is 3.83. The average Bonchev–Trinajstić information content (AvgIpc) is 2.75. The minimum Gasteiger partial charge on any atom is -0.493 e. The van der Waals surface area contributed by atoms with Crippen LogP contribution < -0.4 is 19.6 Å². The van der Waals surface area contributed by atoms with Gasteiger partial charge < -0.3 is 23.4 Å². The molecular weight excluding hydrogens is 388 g/mol. The first-order valence-electron chi connectivity index (χ1n) is 9.35. The van der Waals surface area contributed by atoms with Crippen molar-refractivity contribution in [3.05, 3.63) is 51.7 Å². The van der Waals surface area contributed by atoms with Crippen LogP contribution in [0.4, 0.5) is 0 Å². The molecule has 0 amide bonds. The van der Waals surface area contributed by atoms with Crippen molar-refractivity contribution in [2.45, 2.75) is 26.9 Å². The molecule has 0 fully saturated rings. The number of carbonyl (C=O) groups is 1. The van der Waals surface area contributed by atoms with Gasteiger partial charge in [-0.1, -0.05) is 0 Å². The standard InChI is InChI=1S/C23H24O7/c1-12-9-16-18(10-13(12)2)30-21(15-7-8-17(26-4)19(11-15)27-5)22(20(16)24)29-14(3)23(25)28-6/h7-11,14H,1-6H3/t14-/m0/s1. The Bertz CT molecular complexity index is 1160. The number of carbonyl (C=O) groups excluding carboxylic acids is 1. The van der Waals surface area contributed by atoms with Crippen LogP contribution in [0.5, 0.6) is 17.2 Å². The molecule has 0 aliphatic heterocycles. The van der Waals surface area contributed by atoms with E-state index in [1.54, 1.807) is 24.3 Å². The molecule has 3 rings (SSSR count). The molecule has 2 aromatic carbocycles. The molecule has 0 spiro atoms. The summed E-state index contributed by atoms with van der Waals surface area (Å²) in [5, 5.41) is 0.370. The first-order valence-corrected chi connectivity index (χ1v) is 9.35. The zero-order chi connectivity index (χ0) is 22.0. The van der Waals surface area contributed by atoms with Crippen molar-refractivity contribution < 1.29 is 28.2 Å². The van der Waals surface area contributed by atoms with Gasteiger partial charge in [-0.15, -0.1) is 0 Å². The fourth-order valence-corrected chi connectivity index (χ4v) is 3.10. The van der Waals surface area contributed by atoms with Crippen LogP contribution in [0.1, 0.15) is 18.1 Å². The molecule has 0 aliphatic rings. The van der Waals surface area contributed by atoms with Gasteiger partial charge in [0.15, 0.2) is 23.4 Å². The molecule has 1 aromatic heterocycles. The average molecular weight is 412 g/mol. The maximum Gasteiger partial charge on any atom is 0.346 e. The van der Waals surface area contributed by atoms with E-state index in [0.717, 1.165) is 11.1 Å². The van der Waals surface area contributed by atoms with E-state index < -0.39 is 12.1 Å². The van der Waals surface area contributed by atoms with E-state index in [2.05, 4.69) is 0 Å². The van der Waals surface area contributed by atoms with Crippen molar-refractivity contribution in [1.82, 2.24) is 0 Å². The van der Waals surface area contributed by atoms with Crippen LogP contribution in [-0.4, -0.2) is 33.4 Å². The minimum atomic E-state index is -0.999. The van der Waals surface area contributed by atoms with E-state index >= 15 is 0 Å². The van der Waals surface area contributed by atoms with E-state index in [0.29, 0.717) is 28.0 Å². The van der Waals surface area contributed by atoms with E-state index in [1.807, 2.05) is 19.9 Å². The number of hydrogen-bond donors (Lipinski definition) is 0. The lowest BCUT2D eigenvalue weighted by molar-refractivity contribution is -0.147. The van der Waals surface area contributed by atoms with Crippen LogP contribution in [0.3, 0.4) is 0 Å². The van der Waals surface area contributed by atoms with Crippen LogP contribution >= 0.6 is 0 Å². The van der Waals surface area contributed by atoms with Crippen molar-refractivity contribution in [2.75, 3.05) is 21.3 Å². The number of esters is 1. The lowest BCUT2D eigenvalue weighted by Crippen LogP contribution is -2.27. The number of aryl methyl sites for hydroxylation is 2. The van der Waals surface area contributed by atoms with E-state index in [1.165, 1.54) is 28.3 Å². The van der Waals surface area contributed by atoms with Crippen molar-refractivity contribution in [3.8, 4) is 28.6 Å². The molecule has 158 valence electrons. The van der Waals surface area contributed by atoms with Crippen LogP contribution in [0.25, 0.3) is 22.3 Å². The van der Waals surface area contributed by atoms with Crippen LogP contribution in [0, 0.1) is 13.8 Å². The lowest BCUT2D eigenvalue weighted by atomic mass is 10.0. The highest BCUT2D eigenvalue weighted by Gasteiger charge is 2.24. The molecule has 0 aliphatic carbocycles. The summed E-state index contributed by atoms with van der Waals surface area (Å²) < 4.78 is 27.2. The Morgan fingerprint density at radius 1 is 0.967 bits per heavy atom. The molecule has 7 nitrogen and oxygen atoms in total. The first kappa shape index (κ1) is 21.2. The van der Waals surface area contributed by atoms with Crippen LogP contribution in [0.15, 0.2) is 39.5 Å². The monoisotopic (exact) mass is 412 g/mol. The van der Waals surface area contributed by atoms with Crippen molar-refractivity contribution in [1.29, 1.82) is 0 Å². The summed E-state index contributed by atoms with van der Waals surface area (Å²) in [6.45, 7) is 5.36. The smallest absolute Gasteiger partial charge is 0.346 e. The largest absolute Gasteiger partial charge is 0.493 e. The van der Waals surface area contributed by atoms with E-state index in [4.69, 9.17) is 23.4 Å². The van der Waals surface area contributed by atoms with Gasteiger partial charge in [0.05, 0.1) is 26.7 Å². The van der Waals surface area contributed by atoms with Gasteiger partial charge in [-0.05, 0) is 62.2 Å². The molecule has 1 heterocycles. The zero-order valence-corrected chi connectivity index (χ0v) is 17.8. The number of rotatable bonds is 6. The summed E-state index contributed by atoms with van der Waals surface area (Å²) in [6, 6.07) is 8.67. The number of benzene rings is 2. The molecule has 1 atom stereocenters. The Labute approximate surface area is 174 Å². The Morgan fingerprint density at radius 3 is 2.27 bits per heavy atom. The second kappa shape index (κ2) is 8.49. The summed E-state index contributed by atoms with van der Waals surface area (Å²) in [6.07, 6.45) is -0.999. The van der Waals surface area contributed by atoms with Gasteiger partial charge in [0.25, 0.3) is 0 Å². The number of hydrogen-bond acceptors (Lipinski definition) is 7. The highest BCUT2D eigenvalue weighted by atomic mass is 16.6. The SMILES string of the molecule is COC(=O)[C@H](C)Oc1c(-c2ccc(OC)c(OC)c2)oc2cc(C)c(C)cc2c1=O. The highest BCUT2D eigenvalue weighted by Crippen LogP contribution is 2.37. The van der Waals surface area contributed by atoms with Gasteiger partial charge >= 0.3 is 5.97 Å². The normalized spacial score (nSPS) is 11.8. The third-order valence-electron chi connectivity index (χ3n) is 4.94. The van der Waals surface area contributed by atoms with Gasteiger partial charge in [0.1, 0.15) is 5.58 Å².